The monoisotopic (exact) mass is 277 g/mol. The fourth-order valence-electron chi connectivity index (χ4n) is 1.86. The van der Waals surface area contributed by atoms with Crippen molar-refractivity contribution in [2.45, 2.75) is 45.8 Å². The van der Waals surface area contributed by atoms with Crippen LogP contribution < -0.4 is 5.32 Å². The second kappa shape index (κ2) is 5.66. The van der Waals surface area contributed by atoms with Crippen molar-refractivity contribution in [2.75, 3.05) is 0 Å². The van der Waals surface area contributed by atoms with Gasteiger partial charge in [0.05, 0.1) is 12.6 Å². The Labute approximate surface area is 118 Å². The summed E-state index contributed by atoms with van der Waals surface area (Å²) in [6, 6.07) is 6.36. The molecule has 1 atom stereocenters. The van der Waals surface area contributed by atoms with Gasteiger partial charge in [0.25, 0.3) is 0 Å². The Kier molecular flexibility index (Phi) is 4.13. The lowest BCUT2D eigenvalue weighted by Gasteiger charge is -2.21. The third-order valence-corrected chi connectivity index (χ3v) is 3.06. The summed E-state index contributed by atoms with van der Waals surface area (Å²) in [7, 11) is 0. The molecule has 2 aromatic rings. The highest BCUT2D eigenvalue weighted by molar-refractivity contribution is 5.20. The van der Waals surface area contributed by atoms with Crippen LogP contribution in [0.4, 0.5) is 4.39 Å². The standard InChI is InChI=1S/C14H20FN5/c1-10(11-5-7-12(15)8-6-11)20-13(17-18-19-20)9-16-14(2,3)4/h5-8,10,16H,9H2,1-4H3. The normalized spacial score (nSPS) is 13.4. The van der Waals surface area contributed by atoms with Crippen LogP contribution in [-0.4, -0.2) is 25.7 Å². The molecule has 0 bridgehead atoms. The van der Waals surface area contributed by atoms with Crippen molar-refractivity contribution in [3.05, 3.63) is 41.5 Å². The van der Waals surface area contributed by atoms with Crippen molar-refractivity contribution >= 4 is 0 Å². The smallest absolute Gasteiger partial charge is 0.165 e. The van der Waals surface area contributed by atoms with Crippen LogP contribution in [0.1, 0.15) is 45.1 Å². The molecule has 1 N–H and O–H groups in total. The van der Waals surface area contributed by atoms with Gasteiger partial charge in [0.15, 0.2) is 5.82 Å². The SMILES string of the molecule is CC(c1ccc(F)cc1)n1nnnc1CNC(C)(C)C. The Bertz CT molecular complexity index is 556. The zero-order valence-corrected chi connectivity index (χ0v) is 12.3. The molecule has 108 valence electrons. The summed E-state index contributed by atoms with van der Waals surface area (Å²) in [5.41, 5.74) is 0.964. The van der Waals surface area contributed by atoms with Gasteiger partial charge in [-0.05, 0) is 55.8 Å². The Hall–Kier alpha value is -1.82. The molecule has 20 heavy (non-hydrogen) atoms. The molecule has 0 aliphatic heterocycles. The van der Waals surface area contributed by atoms with Crippen LogP contribution in [-0.2, 0) is 6.54 Å². The van der Waals surface area contributed by atoms with Crippen LogP contribution in [0.5, 0.6) is 0 Å². The lowest BCUT2D eigenvalue weighted by atomic mass is 10.1. The van der Waals surface area contributed by atoms with Crippen LogP contribution >= 0.6 is 0 Å². The Morgan fingerprint density at radius 3 is 2.50 bits per heavy atom. The number of aromatic nitrogens is 4. The Morgan fingerprint density at radius 2 is 1.90 bits per heavy atom. The zero-order valence-electron chi connectivity index (χ0n) is 12.3. The Balaban J connectivity index is 2.16. The van der Waals surface area contributed by atoms with E-state index < -0.39 is 0 Å². The van der Waals surface area contributed by atoms with Crippen molar-refractivity contribution in [3.63, 3.8) is 0 Å². The van der Waals surface area contributed by atoms with E-state index in [1.807, 2.05) is 6.92 Å². The highest BCUT2D eigenvalue weighted by atomic mass is 19.1. The van der Waals surface area contributed by atoms with Crippen molar-refractivity contribution in [1.29, 1.82) is 0 Å². The van der Waals surface area contributed by atoms with Crippen LogP contribution in [0.25, 0.3) is 0 Å². The summed E-state index contributed by atoms with van der Waals surface area (Å²) in [5, 5.41) is 15.2. The number of tetrazole rings is 1. The molecule has 1 aromatic carbocycles. The third kappa shape index (κ3) is 3.60. The van der Waals surface area contributed by atoms with Crippen LogP contribution in [0.3, 0.4) is 0 Å². The molecule has 5 nitrogen and oxygen atoms in total. The van der Waals surface area contributed by atoms with Crippen molar-refractivity contribution < 1.29 is 4.39 Å². The predicted octanol–water partition coefficient (Wildman–Crippen LogP) is 2.31. The molecule has 2 rings (SSSR count). The van der Waals surface area contributed by atoms with E-state index in [1.165, 1.54) is 12.1 Å². The summed E-state index contributed by atoms with van der Waals surface area (Å²) in [6.07, 6.45) is 0. The molecule has 0 fully saturated rings. The molecule has 0 radical (unpaired) electrons. The van der Waals surface area contributed by atoms with Gasteiger partial charge in [0.2, 0.25) is 0 Å². The Morgan fingerprint density at radius 1 is 1.25 bits per heavy atom. The fourth-order valence-corrected chi connectivity index (χ4v) is 1.86. The summed E-state index contributed by atoms with van der Waals surface area (Å²) in [5.74, 6) is 0.518. The van der Waals surface area contributed by atoms with Crippen LogP contribution in [0.2, 0.25) is 0 Å². The first-order valence-corrected chi connectivity index (χ1v) is 6.64. The third-order valence-electron chi connectivity index (χ3n) is 3.06. The maximum atomic E-state index is 13.0. The molecule has 1 unspecified atom stereocenters. The van der Waals surface area contributed by atoms with Crippen molar-refractivity contribution in [1.82, 2.24) is 25.5 Å². The van der Waals surface area contributed by atoms with E-state index in [9.17, 15) is 4.39 Å². The van der Waals surface area contributed by atoms with Crippen LogP contribution in [0.15, 0.2) is 24.3 Å². The van der Waals surface area contributed by atoms with Crippen molar-refractivity contribution in [2.24, 2.45) is 0 Å². The van der Waals surface area contributed by atoms with Gasteiger partial charge in [-0.15, -0.1) is 5.10 Å². The maximum Gasteiger partial charge on any atom is 0.165 e. The van der Waals surface area contributed by atoms with Crippen LogP contribution in [0, 0.1) is 5.82 Å². The zero-order chi connectivity index (χ0) is 14.8. The first-order chi connectivity index (χ1) is 9.37. The molecule has 0 saturated carbocycles. The van der Waals surface area contributed by atoms with E-state index in [0.717, 1.165) is 11.4 Å². The largest absolute Gasteiger partial charge is 0.305 e. The highest BCUT2D eigenvalue weighted by Crippen LogP contribution is 2.18. The van der Waals surface area contributed by atoms with Gasteiger partial charge in [-0.25, -0.2) is 9.07 Å². The summed E-state index contributed by atoms with van der Waals surface area (Å²) in [4.78, 5) is 0. The summed E-state index contributed by atoms with van der Waals surface area (Å²) < 4.78 is 14.7. The van der Waals surface area contributed by atoms with Gasteiger partial charge in [-0.3, -0.25) is 0 Å². The molecular weight excluding hydrogens is 257 g/mol. The second-order valence-corrected chi connectivity index (χ2v) is 5.87. The van der Waals surface area contributed by atoms with E-state index in [0.29, 0.717) is 6.54 Å². The number of hydrogen-bond acceptors (Lipinski definition) is 4. The van der Waals surface area contributed by atoms with Gasteiger partial charge < -0.3 is 5.32 Å². The molecule has 1 heterocycles. The quantitative estimate of drug-likeness (QED) is 0.931. The minimum Gasteiger partial charge on any atom is -0.305 e. The lowest BCUT2D eigenvalue weighted by molar-refractivity contribution is 0.403. The first kappa shape index (κ1) is 14.6. The first-order valence-electron chi connectivity index (χ1n) is 6.64. The molecule has 0 aliphatic rings. The van der Waals surface area contributed by atoms with Gasteiger partial charge in [-0.2, -0.15) is 0 Å². The van der Waals surface area contributed by atoms with E-state index in [1.54, 1.807) is 16.8 Å². The van der Waals surface area contributed by atoms with Gasteiger partial charge in [0.1, 0.15) is 5.82 Å². The van der Waals surface area contributed by atoms with E-state index in [-0.39, 0.29) is 17.4 Å². The topological polar surface area (TPSA) is 55.6 Å². The van der Waals surface area contributed by atoms with Gasteiger partial charge >= 0.3 is 0 Å². The predicted molar refractivity (Wildman–Crippen MR) is 74.6 cm³/mol. The minimum atomic E-state index is -0.243. The number of benzene rings is 1. The minimum absolute atomic E-state index is 0.00407. The average Bonchev–Trinajstić information content (AvgIpc) is 2.84. The lowest BCUT2D eigenvalue weighted by Crippen LogP contribution is -2.36. The highest BCUT2D eigenvalue weighted by Gasteiger charge is 2.17. The summed E-state index contributed by atoms with van der Waals surface area (Å²) >= 11 is 0. The second-order valence-electron chi connectivity index (χ2n) is 5.87. The number of halogens is 1. The molecule has 0 aliphatic carbocycles. The average molecular weight is 277 g/mol. The molecule has 0 spiro atoms. The van der Waals surface area contributed by atoms with Gasteiger partial charge in [-0.1, -0.05) is 12.1 Å². The maximum absolute atomic E-state index is 13.0. The molecule has 0 amide bonds. The molecular formula is C14H20FN5. The van der Waals surface area contributed by atoms with E-state index >= 15 is 0 Å². The molecule has 6 heteroatoms. The number of nitrogens with zero attached hydrogens (tertiary/aromatic N) is 4. The van der Waals surface area contributed by atoms with Crippen molar-refractivity contribution in [3.8, 4) is 0 Å². The van der Waals surface area contributed by atoms with E-state index in [4.69, 9.17) is 0 Å². The summed E-state index contributed by atoms with van der Waals surface area (Å²) in [6.45, 7) is 8.84. The number of hydrogen-bond donors (Lipinski definition) is 1. The molecule has 1 aromatic heterocycles. The van der Waals surface area contributed by atoms with Gasteiger partial charge in [0, 0.05) is 5.54 Å². The number of rotatable bonds is 4. The fraction of sp³-hybridized carbons (Fsp3) is 0.500. The molecule has 0 saturated heterocycles. The van der Waals surface area contributed by atoms with E-state index in [2.05, 4.69) is 41.6 Å². The number of nitrogens with one attached hydrogen (secondary N) is 1.